The maximum absolute atomic E-state index is 12.1. The predicted octanol–water partition coefficient (Wildman–Crippen LogP) is 3.55. The minimum Gasteiger partial charge on any atom is -0.359 e. The molecule has 1 heterocycles. The van der Waals surface area contributed by atoms with E-state index in [4.69, 9.17) is 0 Å². The second kappa shape index (κ2) is 6.03. The van der Waals surface area contributed by atoms with E-state index in [1.165, 1.54) is 0 Å². The Hall–Kier alpha value is -2.60. The first-order valence-corrected chi connectivity index (χ1v) is 8.27. The van der Waals surface area contributed by atoms with Gasteiger partial charge in [-0.3, -0.25) is 4.21 Å². The molecular formula is C16H15N3O2S. The van der Waals surface area contributed by atoms with Crippen molar-refractivity contribution in [3.8, 4) is 0 Å². The molecule has 0 aliphatic heterocycles. The molecule has 0 radical (unpaired) electrons. The third kappa shape index (κ3) is 3.01. The number of H-pyrrole nitrogens is 1. The number of hydrogen-bond donors (Lipinski definition) is 3. The number of hydrogen-bond acceptors (Lipinski definition) is 2. The summed E-state index contributed by atoms with van der Waals surface area (Å²) in [5.74, 6) is 0. The van der Waals surface area contributed by atoms with Crippen LogP contribution in [0.2, 0.25) is 0 Å². The van der Waals surface area contributed by atoms with Crippen LogP contribution in [0.1, 0.15) is 0 Å². The maximum atomic E-state index is 12.1. The number of urea groups is 1. The van der Waals surface area contributed by atoms with Gasteiger partial charge < -0.3 is 15.6 Å². The predicted molar refractivity (Wildman–Crippen MR) is 89.7 cm³/mol. The average molecular weight is 313 g/mol. The molecule has 0 bridgehead atoms. The van der Waals surface area contributed by atoms with Crippen molar-refractivity contribution in [2.45, 2.75) is 4.90 Å². The van der Waals surface area contributed by atoms with E-state index in [1.54, 1.807) is 30.5 Å². The molecular weight excluding hydrogens is 298 g/mol. The van der Waals surface area contributed by atoms with Crippen LogP contribution in [0.4, 0.5) is 16.2 Å². The van der Waals surface area contributed by atoms with Crippen LogP contribution < -0.4 is 10.6 Å². The van der Waals surface area contributed by atoms with E-state index in [0.29, 0.717) is 16.3 Å². The van der Waals surface area contributed by atoms with Gasteiger partial charge in [-0.1, -0.05) is 18.2 Å². The highest BCUT2D eigenvalue weighted by atomic mass is 32.2. The Bertz CT molecular complexity index is 857. The van der Waals surface area contributed by atoms with E-state index in [-0.39, 0.29) is 6.03 Å². The molecule has 1 unspecified atom stereocenters. The van der Waals surface area contributed by atoms with Gasteiger partial charge in [-0.05, 0) is 30.3 Å². The van der Waals surface area contributed by atoms with Crippen molar-refractivity contribution < 1.29 is 9.00 Å². The van der Waals surface area contributed by atoms with Gasteiger partial charge in [0.25, 0.3) is 0 Å². The minimum absolute atomic E-state index is 0.346. The number of rotatable bonds is 3. The van der Waals surface area contributed by atoms with E-state index >= 15 is 0 Å². The van der Waals surface area contributed by atoms with E-state index in [0.717, 1.165) is 10.9 Å². The summed E-state index contributed by atoms with van der Waals surface area (Å²) in [7, 11) is -1.08. The highest BCUT2D eigenvalue weighted by molar-refractivity contribution is 7.84. The number of amides is 2. The summed E-state index contributed by atoms with van der Waals surface area (Å²) in [4.78, 5) is 15.9. The Kier molecular flexibility index (Phi) is 3.93. The average Bonchev–Trinajstić information content (AvgIpc) is 2.97. The fraction of sp³-hybridized carbons (Fsp3) is 0.0625. The SMILES string of the molecule is CS(=O)c1cccc(NC(=O)Nc2cccc3cc[nH]c23)c1. The molecule has 112 valence electrons. The van der Waals surface area contributed by atoms with Crippen LogP contribution >= 0.6 is 0 Å². The molecule has 0 fully saturated rings. The second-order valence-electron chi connectivity index (χ2n) is 4.81. The molecule has 1 aromatic heterocycles. The van der Waals surface area contributed by atoms with Crippen LogP contribution in [0.5, 0.6) is 0 Å². The van der Waals surface area contributed by atoms with Crippen molar-refractivity contribution in [1.29, 1.82) is 0 Å². The molecule has 0 aliphatic carbocycles. The van der Waals surface area contributed by atoms with Crippen LogP contribution in [-0.4, -0.2) is 21.5 Å². The van der Waals surface area contributed by atoms with E-state index in [9.17, 15) is 9.00 Å². The van der Waals surface area contributed by atoms with Crippen LogP contribution in [-0.2, 0) is 10.8 Å². The molecule has 0 saturated carbocycles. The number of carbonyl (C=O) groups excluding carboxylic acids is 1. The zero-order chi connectivity index (χ0) is 15.5. The Morgan fingerprint density at radius 2 is 1.91 bits per heavy atom. The molecule has 2 aromatic carbocycles. The number of fused-ring (bicyclic) bond motifs is 1. The number of carbonyl (C=O) groups is 1. The summed E-state index contributed by atoms with van der Waals surface area (Å²) in [5, 5.41) is 6.58. The molecule has 5 nitrogen and oxygen atoms in total. The van der Waals surface area contributed by atoms with Gasteiger partial charge in [-0.15, -0.1) is 0 Å². The molecule has 2 amide bonds. The van der Waals surface area contributed by atoms with Crippen molar-refractivity contribution in [3.05, 3.63) is 54.7 Å². The summed E-state index contributed by atoms with van der Waals surface area (Å²) in [6.45, 7) is 0. The summed E-state index contributed by atoms with van der Waals surface area (Å²) in [6, 6.07) is 14.3. The lowest BCUT2D eigenvalue weighted by molar-refractivity contribution is 0.262. The van der Waals surface area contributed by atoms with Gasteiger partial charge in [0.05, 0.1) is 11.2 Å². The van der Waals surface area contributed by atoms with Crippen molar-refractivity contribution >= 4 is 39.1 Å². The van der Waals surface area contributed by atoms with Gasteiger partial charge in [0, 0.05) is 39.2 Å². The monoisotopic (exact) mass is 313 g/mol. The van der Waals surface area contributed by atoms with Gasteiger partial charge >= 0.3 is 6.03 Å². The molecule has 6 heteroatoms. The van der Waals surface area contributed by atoms with E-state index < -0.39 is 10.8 Å². The zero-order valence-corrected chi connectivity index (χ0v) is 12.7. The fourth-order valence-corrected chi connectivity index (χ4v) is 2.79. The largest absolute Gasteiger partial charge is 0.359 e. The Morgan fingerprint density at radius 3 is 2.73 bits per heavy atom. The number of para-hydroxylation sites is 1. The Morgan fingerprint density at radius 1 is 1.09 bits per heavy atom. The summed E-state index contributed by atoms with van der Waals surface area (Å²) >= 11 is 0. The number of benzene rings is 2. The second-order valence-corrected chi connectivity index (χ2v) is 6.19. The lowest BCUT2D eigenvalue weighted by Crippen LogP contribution is -2.19. The molecule has 3 rings (SSSR count). The summed E-state index contributed by atoms with van der Waals surface area (Å²) < 4.78 is 11.5. The van der Waals surface area contributed by atoms with Crippen molar-refractivity contribution in [2.75, 3.05) is 16.9 Å². The number of aromatic amines is 1. The van der Waals surface area contributed by atoms with Crippen molar-refractivity contribution in [1.82, 2.24) is 4.98 Å². The first kappa shape index (κ1) is 14.3. The molecule has 0 saturated heterocycles. The highest BCUT2D eigenvalue weighted by Crippen LogP contribution is 2.22. The fourth-order valence-electron chi connectivity index (χ4n) is 2.23. The first-order chi connectivity index (χ1) is 10.6. The molecule has 3 N–H and O–H groups in total. The Labute approximate surface area is 130 Å². The van der Waals surface area contributed by atoms with Gasteiger partial charge in [0.1, 0.15) is 0 Å². The van der Waals surface area contributed by atoms with Gasteiger partial charge in [0.15, 0.2) is 0 Å². The molecule has 0 aliphatic rings. The third-order valence-electron chi connectivity index (χ3n) is 3.26. The van der Waals surface area contributed by atoms with Crippen molar-refractivity contribution in [3.63, 3.8) is 0 Å². The summed E-state index contributed by atoms with van der Waals surface area (Å²) in [5.41, 5.74) is 2.18. The normalized spacial score (nSPS) is 12.0. The van der Waals surface area contributed by atoms with Gasteiger partial charge in [0.2, 0.25) is 0 Å². The van der Waals surface area contributed by atoms with Gasteiger partial charge in [-0.25, -0.2) is 4.79 Å². The minimum atomic E-state index is -1.08. The lowest BCUT2D eigenvalue weighted by atomic mass is 10.2. The highest BCUT2D eigenvalue weighted by Gasteiger charge is 2.07. The van der Waals surface area contributed by atoms with E-state index in [1.807, 2.05) is 30.5 Å². The number of anilines is 2. The standard InChI is InChI=1S/C16H15N3O2S/c1-22(21)13-6-3-5-12(10-13)18-16(20)19-14-7-2-4-11-8-9-17-15(11)14/h2-10,17H,1H3,(H2,18,19,20). The molecule has 22 heavy (non-hydrogen) atoms. The van der Waals surface area contributed by atoms with Gasteiger partial charge in [-0.2, -0.15) is 0 Å². The van der Waals surface area contributed by atoms with Crippen LogP contribution in [0.3, 0.4) is 0 Å². The van der Waals surface area contributed by atoms with Crippen LogP contribution in [0, 0.1) is 0 Å². The van der Waals surface area contributed by atoms with Crippen LogP contribution in [0.15, 0.2) is 59.6 Å². The third-order valence-corrected chi connectivity index (χ3v) is 4.18. The molecule has 3 aromatic rings. The quantitative estimate of drug-likeness (QED) is 0.692. The number of aromatic nitrogens is 1. The smallest absolute Gasteiger partial charge is 0.323 e. The zero-order valence-electron chi connectivity index (χ0n) is 11.9. The topological polar surface area (TPSA) is 74.0 Å². The van der Waals surface area contributed by atoms with Crippen LogP contribution in [0.25, 0.3) is 10.9 Å². The lowest BCUT2D eigenvalue weighted by Gasteiger charge is -2.09. The Balaban J connectivity index is 1.76. The maximum Gasteiger partial charge on any atom is 0.323 e. The number of nitrogens with one attached hydrogen (secondary N) is 3. The summed E-state index contributed by atoms with van der Waals surface area (Å²) in [6.07, 6.45) is 3.43. The first-order valence-electron chi connectivity index (χ1n) is 6.71. The molecule has 1 atom stereocenters. The van der Waals surface area contributed by atoms with E-state index in [2.05, 4.69) is 15.6 Å². The van der Waals surface area contributed by atoms with Crippen molar-refractivity contribution in [2.24, 2.45) is 0 Å². The molecule has 0 spiro atoms.